The molecule has 0 saturated carbocycles. The Bertz CT molecular complexity index is 1080. The first-order chi connectivity index (χ1) is 14.1. The molecular weight excluding hydrogens is 384 g/mol. The van der Waals surface area contributed by atoms with E-state index in [1.54, 1.807) is 0 Å². The van der Waals surface area contributed by atoms with Crippen LogP contribution < -0.4 is 15.6 Å². The first-order valence-electron chi connectivity index (χ1n) is 9.41. The molecule has 0 unspecified atom stereocenters. The SMILES string of the molecule is CC(C)COc1ccc(-c2csc(NNC(=O)c3cc4ccccc4[nH]3)n2)cc1. The molecule has 29 heavy (non-hydrogen) atoms. The minimum absolute atomic E-state index is 0.246. The number of carbonyl (C=O) groups excluding carboxylic acids is 1. The molecule has 0 spiro atoms. The number of thiazole rings is 1. The summed E-state index contributed by atoms with van der Waals surface area (Å²) in [5.41, 5.74) is 8.82. The number of hydrazine groups is 1. The second kappa shape index (κ2) is 8.36. The van der Waals surface area contributed by atoms with Gasteiger partial charge < -0.3 is 9.72 Å². The zero-order valence-electron chi connectivity index (χ0n) is 16.2. The number of para-hydroxylation sites is 1. The maximum absolute atomic E-state index is 12.4. The molecule has 0 radical (unpaired) electrons. The lowest BCUT2D eigenvalue weighted by atomic mass is 10.2. The van der Waals surface area contributed by atoms with Crippen molar-refractivity contribution >= 4 is 33.3 Å². The van der Waals surface area contributed by atoms with Gasteiger partial charge in [-0.05, 0) is 42.3 Å². The summed E-state index contributed by atoms with van der Waals surface area (Å²) in [6.45, 7) is 4.93. The standard InChI is InChI=1S/C22H22N4O2S/c1-14(2)12-28-17-9-7-15(8-10-17)20-13-29-22(24-20)26-25-21(27)19-11-16-5-3-4-6-18(16)23-19/h3-11,13-14,23H,12H2,1-2H3,(H,24,26)(H,25,27). The summed E-state index contributed by atoms with van der Waals surface area (Å²) in [5.74, 6) is 1.09. The number of nitrogens with one attached hydrogen (secondary N) is 3. The lowest BCUT2D eigenvalue weighted by Crippen LogP contribution is -2.29. The van der Waals surface area contributed by atoms with Crippen molar-refractivity contribution in [3.63, 3.8) is 0 Å². The van der Waals surface area contributed by atoms with Crippen LogP contribution in [0.1, 0.15) is 24.3 Å². The third kappa shape index (κ3) is 4.57. The highest BCUT2D eigenvalue weighted by Gasteiger charge is 2.10. The van der Waals surface area contributed by atoms with Crippen molar-refractivity contribution in [2.45, 2.75) is 13.8 Å². The van der Waals surface area contributed by atoms with Gasteiger partial charge >= 0.3 is 0 Å². The number of fused-ring (bicyclic) bond motifs is 1. The number of nitrogens with zero attached hydrogens (tertiary/aromatic N) is 1. The number of aromatic amines is 1. The molecule has 6 nitrogen and oxygen atoms in total. The van der Waals surface area contributed by atoms with Crippen molar-refractivity contribution in [3.05, 3.63) is 65.7 Å². The van der Waals surface area contributed by atoms with Gasteiger partial charge in [0.25, 0.3) is 5.91 Å². The van der Waals surface area contributed by atoms with Crippen LogP contribution in [0.5, 0.6) is 5.75 Å². The van der Waals surface area contributed by atoms with Crippen molar-refractivity contribution < 1.29 is 9.53 Å². The lowest BCUT2D eigenvalue weighted by Gasteiger charge is -2.08. The van der Waals surface area contributed by atoms with Crippen molar-refractivity contribution in [1.82, 2.24) is 15.4 Å². The van der Waals surface area contributed by atoms with E-state index in [4.69, 9.17) is 4.74 Å². The van der Waals surface area contributed by atoms with Crippen molar-refractivity contribution in [2.24, 2.45) is 5.92 Å². The fourth-order valence-corrected chi connectivity index (χ4v) is 3.49. The number of rotatable bonds is 7. The summed E-state index contributed by atoms with van der Waals surface area (Å²) in [5, 5.41) is 3.56. The summed E-state index contributed by atoms with van der Waals surface area (Å²) < 4.78 is 5.71. The highest BCUT2D eigenvalue weighted by Crippen LogP contribution is 2.26. The molecule has 4 rings (SSSR count). The molecule has 0 saturated heterocycles. The zero-order chi connectivity index (χ0) is 20.2. The Kier molecular flexibility index (Phi) is 5.48. The molecule has 2 heterocycles. The summed E-state index contributed by atoms with van der Waals surface area (Å²) in [6.07, 6.45) is 0. The number of H-pyrrole nitrogens is 1. The summed E-state index contributed by atoms with van der Waals surface area (Å²) >= 11 is 1.43. The third-order valence-electron chi connectivity index (χ3n) is 4.30. The fraction of sp³-hybridized carbons (Fsp3) is 0.182. The molecule has 7 heteroatoms. The summed E-state index contributed by atoms with van der Waals surface area (Å²) in [4.78, 5) is 20.0. The molecule has 1 amide bonds. The van der Waals surface area contributed by atoms with E-state index in [-0.39, 0.29) is 5.91 Å². The Hall–Kier alpha value is -3.32. The van der Waals surface area contributed by atoms with Crippen LogP contribution in [0.3, 0.4) is 0 Å². The second-order valence-corrected chi connectivity index (χ2v) is 7.97. The number of carbonyl (C=O) groups is 1. The minimum atomic E-state index is -0.246. The van der Waals surface area contributed by atoms with E-state index in [0.717, 1.165) is 27.9 Å². The van der Waals surface area contributed by atoms with Gasteiger partial charge in [0, 0.05) is 21.8 Å². The van der Waals surface area contributed by atoms with Gasteiger partial charge in [0.15, 0.2) is 0 Å². The van der Waals surface area contributed by atoms with Crippen molar-refractivity contribution in [2.75, 3.05) is 12.0 Å². The Morgan fingerprint density at radius 2 is 1.97 bits per heavy atom. The van der Waals surface area contributed by atoms with Crippen LogP contribution in [0.2, 0.25) is 0 Å². The maximum Gasteiger partial charge on any atom is 0.286 e. The molecule has 0 fully saturated rings. The van der Waals surface area contributed by atoms with E-state index in [1.807, 2.05) is 60.0 Å². The molecule has 0 bridgehead atoms. The van der Waals surface area contributed by atoms with Gasteiger partial charge in [-0.2, -0.15) is 0 Å². The predicted octanol–water partition coefficient (Wildman–Crippen LogP) is 5.08. The van der Waals surface area contributed by atoms with Crippen LogP contribution in [-0.4, -0.2) is 22.5 Å². The Morgan fingerprint density at radius 3 is 2.72 bits per heavy atom. The van der Waals surface area contributed by atoms with Crippen LogP contribution in [0.15, 0.2) is 60.0 Å². The Balaban J connectivity index is 1.37. The fourth-order valence-electron chi connectivity index (χ4n) is 2.82. The molecule has 0 aliphatic carbocycles. The smallest absolute Gasteiger partial charge is 0.286 e. The number of hydrogen-bond donors (Lipinski definition) is 3. The molecule has 2 aromatic heterocycles. The quantitative estimate of drug-likeness (QED) is 0.374. The first-order valence-corrected chi connectivity index (χ1v) is 10.3. The Morgan fingerprint density at radius 1 is 1.17 bits per heavy atom. The van der Waals surface area contributed by atoms with E-state index < -0.39 is 0 Å². The van der Waals surface area contributed by atoms with Crippen LogP contribution in [0.4, 0.5) is 5.13 Å². The van der Waals surface area contributed by atoms with Gasteiger partial charge in [-0.1, -0.05) is 32.0 Å². The molecule has 4 aromatic rings. The average Bonchev–Trinajstić information content (AvgIpc) is 3.38. The third-order valence-corrected chi connectivity index (χ3v) is 5.05. The molecule has 0 atom stereocenters. The Labute approximate surface area is 172 Å². The number of aromatic nitrogens is 2. The molecule has 148 valence electrons. The molecule has 0 aliphatic heterocycles. The zero-order valence-corrected chi connectivity index (χ0v) is 17.0. The predicted molar refractivity (Wildman–Crippen MR) is 117 cm³/mol. The maximum atomic E-state index is 12.4. The molecule has 0 aliphatic rings. The van der Waals surface area contributed by atoms with Gasteiger partial charge in [-0.3, -0.25) is 15.6 Å². The van der Waals surface area contributed by atoms with Crippen molar-refractivity contribution in [3.8, 4) is 17.0 Å². The summed E-state index contributed by atoms with van der Waals surface area (Å²) in [7, 11) is 0. The largest absolute Gasteiger partial charge is 0.493 e. The minimum Gasteiger partial charge on any atom is -0.493 e. The van der Waals surface area contributed by atoms with Gasteiger partial charge in [0.2, 0.25) is 5.13 Å². The molecule has 2 aromatic carbocycles. The second-order valence-electron chi connectivity index (χ2n) is 7.12. The highest BCUT2D eigenvalue weighted by molar-refractivity contribution is 7.14. The van der Waals surface area contributed by atoms with Crippen LogP contribution in [0.25, 0.3) is 22.2 Å². The number of anilines is 1. The van der Waals surface area contributed by atoms with Crippen LogP contribution in [0, 0.1) is 5.92 Å². The van der Waals surface area contributed by atoms with E-state index in [0.29, 0.717) is 23.4 Å². The van der Waals surface area contributed by atoms with Gasteiger partial charge in [0.1, 0.15) is 11.4 Å². The lowest BCUT2D eigenvalue weighted by molar-refractivity contribution is 0.0958. The van der Waals surface area contributed by atoms with Gasteiger partial charge in [-0.25, -0.2) is 4.98 Å². The van der Waals surface area contributed by atoms with Gasteiger partial charge in [-0.15, -0.1) is 11.3 Å². The van der Waals surface area contributed by atoms with Crippen LogP contribution in [-0.2, 0) is 0 Å². The summed E-state index contributed by atoms with van der Waals surface area (Å²) in [6, 6.07) is 17.4. The van der Waals surface area contributed by atoms with E-state index in [2.05, 4.69) is 34.7 Å². The number of benzene rings is 2. The number of ether oxygens (including phenoxy) is 1. The average molecular weight is 407 g/mol. The monoisotopic (exact) mass is 406 g/mol. The van der Waals surface area contributed by atoms with E-state index in [1.165, 1.54) is 11.3 Å². The topological polar surface area (TPSA) is 79.0 Å². The van der Waals surface area contributed by atoms with E-state index >= 15 is 0 Å². The van der Waals surface area contributed by atoms with Crippen LogP contribution >= 0.6 is 11.3 Å². The molecule has 3 N–H and O–H groups in total. The first kappa shape index (κ1) is 19.0. The normalized spacial score (nSPS) is 11.0. The van der Waals surface area contributed by atoms with Crippen molar-refractivity contribution in [1.29, 1.82) is 0 Å². The highest BCUT2D eigenvalue weighted by atomic mass is 32.1. The number of hydrogen-bond acceptors (Lipinski definition) is 5. The number of amides is 1. The van der Waals surface area contributed by atoms with E-state index in [9.17, 15) is 4.79 Å². The van der Waals surface area contributed by atoms with Gasteiger partial charge in [0.05, 0.1) is 12.3 Å². The molecular formula is C22H22N4O2S.